The number of rotatable bonds is 0. The van der Waals surface area contributed by atoms with Crippen molar-refractivity contribution in [3.63, 3.8) is 0 Å². The number of hydrogen-bond donors (Lipinski definition) is 0. The van der Waals surface area contributed by atoms with Crippen LogP contribution in [-0.4, -0.2) is 0 Å². The Morgan fingerprint density at radius 3 is 2.50 bits per heavy atom. The summed E-state index contributed by atoms with van der Waals surface area (Å²) in [5.41, 5.74) is 3.47. The molecule has 1 spiro atoms. The van der Waals surface area contributed by atoms with Crippen LogP contribution in [0.4, 0.5) is 0 Å². The summed E-state index contributed by atoms with van der Waals surface area (Å²) in [6.45, 7) is 14.8. The van der Waals surface area contributed by atoms with E-state index in [0.29, 0.717) is 16.2 Å². The molecule has 0 heterocycles. The van der Waals surface area contributed by atoms with Crippen molar-refractivity contribution in [2.45, 2.75) is 72.6 Å². The van der Waals surface area contributed by atoms with Crippen molar-refractivity contribution in [1.82, 2.24) is 0 Å². The van der Waals surface area contributed by atoms with Gasteiger partial charge in [0.1, 0.15) is 0 Å². The zero-order valence-electron chi connectivity index (χ0n) is 14.0. The van der Waals surface area contributed by atoms with E-state index < -0.39 is 0 Å². The van der Waals surface area contributed by atoms with Crippen molar-refractivity contribution in [1.29, 1.82) is 0 Å². The maximum atomic E-state index is 4.46. The minimum absolute atomic E-state index is 0.580. The van der Waals surface area contributed by atoms with Crippen LogP contribution >= 0.6 is 0 Å². The summed E-state index contributed by atoms with van der Waals surface area (Å²) in [6.07, 6.45) is 10.4. The third kappa shape index (κ3) is 1.35. The summed E-state index contributed by atoms with van der Waals surface area (Å²) in [7, 11) is 0. The smallest absolute Gasteiger partial charge is 0.0172 e. The lowest BCUT2D eigenvalue weighted by atomic mass is 9.42. The fourth-order valence-electron chi connectivity index (χ4n) is 7.82. The molecule has 0 aromatic carbocycles. The monoisotopic (exact) mass is 272 g/mol. The molecule has 6 atom stereocenters. The van der Waals surface area contributed by atoms with Crippen molar-refractivity contribution in [3.05, 3.63) is 12.2 Å². The third-order valence-corrected chi connectivity index (χ3v) is 8.75. The molecule has 4 rings (SSSR count). The number of hydrogen-bond acceptors (Lipinski definition) is 0. The molecular weight excluding hydrogens is 240 g/mol. The fraction of sp³-hybridized carbons (Fsp3) is 0.900. The highest BCUT2D eigenvalue weighted by atomic mass is 14.7. The Hall–Kier alpha value is -0.260. The minimum Gasteiger partial charge on any atom is -0.0993 e. The van der Waals surface area contributed by atoms with Crippen molar-refractivity contribution in [2.75, 3.05) is 0 Å². The maximum Gasteiger partial charge on any atom is -0.0172 e. The molecule has 4 aliphatic rings. The highest BCUT2D eigenvalue weighted by Crippen LogP contribution is 2.75. The molecule has 0 aromatic rings. The molecule has 4 saturated carbocycles. The molecule has 0 radical (unpaired) electrons. The third-order valence-electron chi connectivity index (χ3n) is 8.75. The van der Waals surface area contributed by atoms with Gasteiger partial charge in [0.15, 0.2) is 0 Å². The standard InChI is InChI=1S/C20H32/c1-13-14(2)20-10-7-16-18(3,4)8-6-9-19(16,5)17(20)11-15(13)12-20/h14-17H,1,6-12H2,2-5H3. The van der Waals surface area contributed by atoms with Crippen LogP contribution in [0.5, 0.6) is 0 Å². The van der Waals surface area contributed by atoms with E-state index in [1.165, 1.54) is 44.9 Å². The van der Waals surface area contributed by atoms with Gasteiger partial charge >= 0.3 is 0 Å². The van der Waals surface area contributed by atoms with E-state index in [0.717, 1.165) is 23.7 Å². The van der Waals surface area contributed by atoms with Crippen LogP contribution in [0.25, 0.3) is 0 Å². The molecule has 0 aromatic heterocycles. The van der Waals surface area contributed by atoms with Crippen molar-refractivity contribution in [3.8, 4) is 0 Å². The Kier molecular flexibility index (Phi) is 2.50. The van der Waals surface area contributed by atoms with Gasteiger partial charge in [-0.05, 0) is 78.4 Å². The van der Waals surface area contributed by atoms with Gasteiger partial charge in [-0.25, -0.2) is 0 Å². The average molecular weight is 272 g/mol. The Labute approximate surface area is 125 Å². The second-order valence-electron chi connectivity index (χ2n) is 9.66. The Balaban J connectivity index is 1.77. The van der Waals surface area contributed by atoms with E-state index in [1.807, 2.05) is 0 Å². The predicted molar refractivity (Wildman–Crippen MR) is 85.4 cm³/mol. The Morgan fingerprint density at radius 1 is 1.05 bits per heavy atom. The van der Waals surface area contributed by atoms with Crippen molar-refractivity contribution in [2.24, 2.45) is 39.9 Å². The molecule has 0 amide bonds. The second-order valence-corrected chi connectivity index (χ2v) is 9.66. The molecule has 2 bridgehead atoms. The van der Waals surface area contributed by atoms with Gasteiger partial charge in [-0.2, -0.15) is 0 Å². The fourth-order valence-corrected chi connectivity index (χ4v) is 7.82. The van der Waals surface area contributed by atoms with Crippen LogP contribution in [-0.2, 0) is 0 Å². The van der Waals surface area contributed by atoms with E-state index in [9.17, 15) is 0 Å². The van der Waals surface area contributed by atoms with E-state index in [-0.39, 0.29) is 0 Å². The van der Waals surface area contributed by atoms with Gasteiger partial charge < -0.3 is 0 Å². The van der Waals surface area contributed by atoms with Crippen LogP contribution in [0, 0.1) is 39.9 Å². The second kappa shape index (κ2) is 3.73. The molecular formula is C20H32. The topological polar surface area (TPSA) is 0 Å². The van der Waals surface area contributed by atoms with Gasteiger partial charge in [0.2, 0.25) is 0 Å². The van der Waals surface area contributed by atoms with E-state index >= 15 is 0 Å². The molecule has 0 saturated heterocycles. The Bertz CT molecular complexity index is 459. The Morgan fingerprint density at radius 2 is 1.80 bits per heavy atom. The van der Waals surface area contributed by atoms with E-state index in [2.05, 4.69) is 34.3 Å². The summed E-state index contributed by atoms with van der Waals surface area (Å²) in [4.78, 5) is 0. The van der Waals surface area contributed by atoms with Crippen LogP contribution in [0.3, 0.4) is 0 Å². The highest BCUT2D eigenvalue weighted by Gasteiger charge is 2.67. The van der Waals surface area contributed by atoms with Gasteiger partial charge in [-0.1, -0.05) is 46.3 Å². The quantitative estimate of drug-likeness (QED) is 0.487. The lowest BCUT2D eigenvalue weighted by Crippen LogP contribution is -2.55. The van der Waals surface area contributed by atoms with Gasteiger partial charge in [0.25, 0.3) is 0 Å². The summed E-state index contributed by atoms with van der Waals surface area (Å²) >= 11 is 0. The maximum absolute atomic E-state index is 4.46. The minimum atomic E-state index is 0.580. The normalized spacial score (nSPS) is 56.5. The SMILES string of the molecule is C=C1C2CC3C4(C)CCCC(C)(C)C4CCC3(C2)C1C. The van der Waals surface area contributed by atoms with Gasteiger partial charge in [-0.15, -0.1) is 0 Å². The molecule has 0 aliphatic heterocycles. The molecule has 0 heteroatoms. The lowest BCUT2D eigenvalue weighted by molar-refractivity contribution is -0.134. The first-order chi connectivity index (χ1) is 9.31. The number of allylic oxidation sites excluding steroid dienone is 1. The predicted octanol–water partition coefficient (Wildman–Crippen LogP) is 5.83. The lowest BCUT2D eigenvalue weighted by Gasteiger charge is -2.63. The summed E-state index contributed by atoms with van der Waals surface area (Å²) < 4.78 is 0. The van der Waals surface area contributed by atoms with Crippen LogP contribution in [0.15, 0.2) is 12.2 Å². The van der Waals surface area contributed by atoms with E-state index in [4.69, 9.17) is 0 Å². The van der Waals surface area contributed by atoms with Crippen molar-refractivity contribution >= 4 is 0 Å². The first-order valence-electron chi connectivity index (χ1n) is 9.00. The van der Waals surface area contributed by atoms with Crippen LogP contribution in [0.2, 0.25) is 0 Å². The molecule has 0 nitrogen and oxygen atoms in total. The average Bonchev–Trinajstić information content (AvgIpc) is 2.86. The molecule has 20 heavy (non-hydrogen) atoms. The van der Waals surface area contributed by atoms with Gasteiger partial charge in [-0.3, -0.25) is 0 Å². The zero-order valence-corrected chi connectivity index (χ0v) is 14.0. The first-order valence-corrected chi connectivity index (χ1v) is 9.00. The van der Waals surface area contributed by atoms with Crippen molar-refractivity contribution < 1.29 is 0 Å². The largest absolute Gasteiger partial charge is 0.0993 e. The van der Waals surface area contributed by atoms with Crippen LogP contribution in [0.1, 0.15) is 72.6 Å². The molecule has 4 aliphatic carbocycles. The molecule has 6 unspecified atom stereocenters. The molecule has 4 fully saturated rings. The summed E-state index contributed by atoms with van der Waals surface area (Å²) in [5, 5.41) is 0. The van der Waals surface area contributed by atoms with Gasteiger partial charge in [0.05, 0.1) is 0 Å². The number of fused-ring (bicyclic) bond motifs is 3. The molecule has 112 valence electrons. The van der Waals surface area contributed by atoms with E-state index in [1.54, 1.807) is 5.57 Å². The highest BCUT2D eigenvalue weighted by molar-refractivity contribution is 5.28. The first kappa shape index (κ1) is 13.4. The zero-order chi connectivity index (χ0) is 14.3. The molecule has 0 N–H and O–H groups in total. The summed E-state index contributed by atoms with van der Waals surface area (Å²) in [5.74, 6) is 3.64. The van der Waals surface area contributed by atoms with Crippen LogP contribution < -0.4 is 0 Å². The van der Waals surface area contributed by atoms with Gasteiger partial charge in [0, 0.05) is 0 Å². The summed E-state index contributed by atoms with van der Waals surface area (Å²) in [6, 6.07) is 0.